The molecule has 0 spiro atoms. The summed E-state index contributed by atoms with van der Waals surface area (Å²) >= 11 is 0. The molecule has 0 aromatic heterocycles. The van der Waals surface area contributed by atoms with Crippen molar-refractivity contribution in [2.24, 2.45) is 0 Å². The van der Waals surface area contributed by atoms with Crippen molar-refractivity contribution in [2.75, 3.05) is 6.54 Å². The molecule has 1 atom stereocenters. The highest BCUT2D eigenvalue weighted by atomic mass is 14.9. The number of rotatable bonds is 6. The third kappa shape index (κ3) is 3.75. The Morgan fingerprint density at radius 1 is 1.36 bits per heavy atom. The van der Waals surface area contributed by atoms with Gasteiger partial charge in [0.2, 0.25) is 0 Å². The van der Waals surface area contributed by atoms with Crippen LogP contribution in [0.25, 0.3) is 0 Å². The second-order valence-corrected chi connectivity index (χ2v) is 3.42. The number of nitrogens with one attached hydrogen (secondary N) is 1. The minimum atomic E-state index is 0.445. The minimum absolute atomic E-state index is 0.445. The van der Waals surface area contributed by atoms with Crippen molar-refractivity contribution in [1.29, 1.82) is 0 Å². The van der Waals surface area contributed by atoms with E-state index in [9.17, 15) is 0 Å². The van der Waals surface area contributed by atoms with Crippen LogP contribution >= 0.6 is 0 Å². The first-order chi connectivity index (χ1) is 6.86. The highest BCUT2D eigenvalue weighted by molar-refractivity contribution is 5.15. The zero-order chi connectivity index (χ0) is 10.2. The van der Waals surface area contributed by atoms with Crippen LogP contribution in [0.5, 0.6) is 0 Å². The average molecular weight is 189 g/mol. The molecule has 0 heterocycles. The second kappa shape index (κ2) is 6.39. The van der Waals surface area contributed by atoms with Crippen LogP contribution in [0.15, 0.2) is 43.0 Å². The lowest BCUT2D eigenvalue weighted by Gasteiger charge is -2.12. The molecule has 0 bridgehead atoms. The maximum Gasteiger partial charge on any atom is 0.0250 e. The molecule has 1 N–H and O–H groups in total. The van der Waals surface area contributed by atoms with Gasteiger partial charge in [-0.15, -0.1) is 6.58 Å². The molecule has 0 saturated carbocycles. The fourth-order valence-electron chi connectivity index (χ4n) is 1.53. The number of aryl methyl sites for hydroxylation is 1. The molecule has 76 valence electrons. The van der Waals surface area contributed by atoms with Crippen LogP contribution in [0.2, 0.25) is 0 Å². The summed E-state index contributed by atoms with van der Waals surface area (Å²) in [5.74, 6) is 0. The SMILES string of the molecule is C=CC(CCc1ccccc1)NCC. The summed E-state index contributed by atoms with van der Waals surface area (Å²) in [5.41, 5.74) is 1.40. The van der Waals surface area contributed by atoms with E-state index in [1.807, 2.05) is 6.08 Å². The zero-order valence-electron chi connectivity index (χ0n) is 8.87. The first kappa shape index (κ1) is 11.0. The van der Waals surface area contributed by atoms with Gasteiger partial charge in [-0.3, -0.25) is 0 Å². The van der Waals surface area contributed by atoms with Crippen molar-refractivity contribution in [3.8, 4) is 0 Å². The van der Waals surface area contributed by atoms with E-state index in [1.54, 1.807) is 0 Å². The lowest BCUT2D eigenvalue weighted by Crippen LogP contribution is -2.26. The first-order valence-corrected chi connectivity index (χ1v) is 5.26. The van der Waals surface area contributed by atoms with E-state index < -0.39 is 0 Å². The van der Waals surface area contributed by atoms with Crippen LogP contribution in [0, 0.1) is 0 Å². The van der Waals surface area contributed by atoms with Crippen molar-refractivity contribution in [2.45, 2.75) is 25.8 Å². The number of likely N-dealkylation sites (N-methyl/N-ethyl adjacent to an activating group) is 1. The molecule has 0 aliphatic rings. The molecule has 0 radical (unpaired) electrons. The molecule has 1 heteroatoms. The van der Waals surface area contributed by atoms with Gasteiger partial charge in [0.05, 0.1) is 0 Å². The minimum Gasteiger partial charge on any atom is -0.311 e. The van der Waals surface area contributed by atoms with Gasteiger partial charge >= 0.3 is 0 Å². The number of hydrogen-bond acceptors (Lipinski definition) is 1. The van der Waals surface area contributed by atoms with Crippen molar-refractivity contribution in [1.82, 2.24) is 5.32 Å². The highest BCUT2D eigenvalue weighted by Crippen LogP contribution is 2.05. The number of benzene rings is 1. The molecule has 1 rings (SSSR count). The summed E-state index contributed by atoms with van der Waals surface area (Å²) in [6.45, 7) is 6.96. The van der Waals surface area contributed by atoms with Crippen molar-refractivity contribution in [3.05, 3.63) is 48.6 Å². The summed E-state index contributed by atoms with van der Waals surface area (Å²) in [6, 6.07) is 11.0. The van der Waals surface area contributed by atoms with Gasteiger partial charge in [-0.05, 0) is 24.9 Å². The summed E-state index contributed by atoms with van der Waals surface area (Å²) in [4.78, 5) is 0. The predicted octanol–water partition coefficient (Wildman–Crippen LogP) is 2.78. The molecule has 0 saturated heterocycles. The third-order valence-electron chi connectivity index (χ3n) is 2.34. The van der Waals surface area contributed by atoms with Crippen LogP contribution in [-0.4, -0.2) is 12.6 Å². The molecule has 0 aliphatic carbocycles. The van der Waals surface area contributed by atoms with E-state index >= 15 is 0 Å². The fourth-order valence-corrected chi connectivity index (χ4v) is 1.53. The average Bonchev–Trinajstić information content (AvgIpc) is 2.25. The van der Waals surface area contributed by atoms with E-state index in [4.69, 9.17) is 0 Å². The van der Waals surface area contributed by atoms with Gasteiger partial charge in [-0.2, -0.15) is 0 Å². The summed E-state index contributed by atoms with van der Waals surface area (Å²) < 4.78 is 0. The molecule has 14 heavy (non-hydrogen) atoms. The van der Waals surface area contributed by atoms with Gasteiger partial charge in [-0.1, -0.05) is 43.3 Å². The Balaban J connectivity index is 2.35. The smallest absolute Gasteiger partial charge is 0.0250 e. The van der Waals surface area contributed by atoms with Gasteiger partial charge in [0.1, 0.15) is 0 Å². The highest BCUT2D eigenvalue weighted by Gasteiger charge is 2.01. The Bertz CT molecular complexity index is 253. The normalized spacial score (nSPS) is 12.4. The summed E-state index contributed by atoms with van der Waals surface area (Å²) in [6.07, 6.45) is 4.23. The largest absolute Gasteiger partial charge is 0.311 e. The van der Waals surface area contributed by atoms with Gasteiger partial charge < -0.3 is 5.32 Å². The Labute approximate surface area is 86.8 Å². The summed E-state index contributed by atoms with van der Waals surface area (Å²) in [7, 11) is 0. The fraction of sp³-hybridized carbons (Fsp3) is 0.385. The molecule has 1 unspecified atom stereocenters. The molecule has 0 fully saturated rings. The van der Waals surface area contributed by atoms with E-state index in [2.05, 4.69) is 49.2 Å². The second-order valence-electron chi connectivity index (χ2n) is 3.42. The van der Waals surface area contributed by atoms with Gasteiger partial charge in [0.25, 0.3) is 0 Å². The maximum atomic E-state index is 3.83. The van der Waals surface area contributed by atoms with E-state index in [0.29, 0.717) is 6.04 Å². The third-order valence-corrected chi connectivity index (χ3v) is 2.34. The molecule has 1 nitrogen and oxygen atoms in total. The Kier molecular flexibility index (Phi) is 5.02. The summed E-state index contributed by atoms with van der Waals surface area (Å²) in [5, 5.41) is 3.38. The van der Waals surface area contributed by atoms with E-state index in [0.717, 1.165) is 19.4 Å². The molecular formula is C13H19N. The molecule has 1 aromatic carbocycles. The zero-order valence-corrected chi connectivity index (χ0v) is 8.87. The Hall–Kier alpha value is -1.08. The van der Waals surface area contributed by atoms with Crippen LogP contribution in [-0.2, 0) is 6.42 Å². The molecule has 0 aliphatic heterocycles. The first-order valence-electron chi connectivity index (χ1n) is 5.26. The van der Waals surface area contributed by atoms with Gasteiger partial charge in [-0.25, -0.2) is 0 Å². The standard InChI is InChI=1S/C13H19N/c1-3-13(14-4-2)11-10-12-8-6-5-7-9-12/h3,5-9,13-14H,1,4,10-11H2,2H3. The predicted molar refractivity (Wildman–Crippen MR) is 62.4 cm³/mol. The van der Waals surface area contributed by atoms with Crippen LogP contribution in [0.3, 0.4) is 0 Å². The van der Waals surface area contributed by atoms with Gasteiger partial charge in [0.15, 0.2) is 0 Å². The van der Waals surface area contributed by atoms with Crippen molar-refractivity contribution in [3.63, 3.8) is 0 Å². The van der Waals surface area contributed by atoms with E-state index in [-0.39, 0.29) is 0 Å². The lowest BCUT2D eigenvalue weighted by molar-refractivity contribution is 0.575. The lowest BCUT2D eigenvalue weighted by atomic mass is 10.1. The molecular weight excluding hydrogens is 170 g/mol. The maximum absolute atomic E-state index is 3.83. The van der Waals surface area contributed by atoms with Gasteiger partial charge in [0, 0.05) is 6.04 Å². The Morgan fingerprint density at radius 2 is 2.07 bits per heavy atom. The quantitative estimate of drug-likeness (QED) is 0.678. The van der Waals surface area contributed by atoms with Crippen LogP contribution in [0.4, 0.5) is 0 Å². The van der Waals surface area contributed by atoms with Crippen LogP contribution < -0.4 is 5.32 Å². The molecule has 0 amide bonds. The van der Waals surface area contributed by atoms with Crippen LogP contribution in [0.1, 0.15) is 18.9 Å². The Morgan fingerprint density at radius 3 is 2.64 bits per heavy atom. The molecule has 1 aromatic rings. The topological polar surface area (TPSA) is 12.0 Å². The van der Waals surface area contributed by atoms with Crippen molar-refractivity contribution < 1.29 is 0 Å². The van der Waals surface area contributed by atoms with E-state index in [1.165, 1.54) is 5.56 Å². The monoisotopic (exact) mass is 189 g/mol. The number of hydrogen-bond donors (Lipinski definition) is 1. The van der Waals surface area contributed by atoms with Crippen molar-refractivity contribution >= 4 is 0 Å².